The molecule has 0 radical (unpaired) electrons. The zero-order valence-corrected chi connectivity index (χ0v) is 12.7. The van der Waals surface area contributed by atoms with Crippen LogP contribution in [-0.4, -0.2) is 24.0 Å². The van der Waals surface area contributed by atoms with Crippen molar-refractivity contribution in [2.45, 2.75) is 6.42 Å². The zero-order valence-electron chi connectivity index (χ0n) is 12.7. The first-order valence-electron chi connectivity index (χ1n) is 7.60. The summed E-state index contributed by atoms with van der Waals surface area (Å²) in [6.07, 6.45) is 2.13. The summed E-state index contributed by atoms with van der Waals surface area (Å²) in [6.45, 7) is 0.880. The van der Waals surface area contributed by atoms with Crippen LogP contribution in [0.3, 0.4) is 0 Å². The molecule has 0 aliphatic rings. The quantitative estimate of drug-likeness (QED) is 0.712. The lowest BCUT2D eigenvalue weighted by molar-refractivity contribution is -0.120. The van der Waals surface area contributed by atoms with Crippen molar-refractivity contribution in [3.05, 3.63) is 72.4 Å². The molecule has 4 heteroatoms. The lowest BCUT2D eigenvalue weighted by atomic mass is 10.1. The molecule has 0 spiro atoms. The lowest BCUT2D eigenvalue weighted by Crippen LogP contribution is -2.29. The number of hydrogen-bond acceptors (Lipinski definition) is 3. The third-order valence-electron chi connectivity index (χ3n) is 3.48. The summed E-state index contributed by atoms with van der Waals surface area (Å²) in [7, 11) is 0. The number of para-hydroxylation sites is 1. The highest BCUT2D eigenvalue weighted by Crippen LogP contribution is 2.22. The topological polar surface area (TPSA) is 51.2 Å². The fraction of sp³-hybridized carbons (Fsp3) is 0.158. The maximum absolute atomic E-state index is 11.9. The minimum atomic E-state index is -0.00385. The first-order chi connectivity index (χ1) is 11.3. The Morgan fingerprint density at radius 2 is 1.83 bits per heavy atom. The third kappa shape index (κ3) is 4.07. The number of fused-ring (bicyclic) bond motifs is 1. The highest BCUT2D eigenvalue weighted by molar-refractivity contribution is 5.84. The number of pyridine rings is 1. The molecule has 0 saturated carbocycles. The van der Waals surface area contributed by atoms with Gasteiger partial charge in [0.15, 0.2) is 0 Å². The largest absolute Gasteiger partial charge is 0.489 e. The van der Waals surface area contributed by atoms with Crippen molar-refractivity contribution in [3.8, 4) is 5.75 Å². The molecular weight excluding hydrogens is 288 g/mol. The van der Waals surface area contributed by atoms with Gasteiger partial charge in [0.1, 0.15) is 17.9 Å². The Bertz CT molecular complexity index is 782. The molecule has 3 aromatic rings. The van der Waals surface area contributed by atoms with Crippen molar-refractivity contribution in [2.75, 3.05) is 13.2 Å². The number of amides is 1. The van der Waals surface area contributed by atoms with E-state index in [0.717, 1.165) is 22.2 Å². The standard InChI is InChI=1S/C19H18N2O2/c22-18(14-15-6-2-1-3-7-15)20-12-13-23-17-10-4-8-16-9-5-11-21-19(16)17/h1-11H,12-14H2,(H,20,22). The van der Waals surface area contributed by atoms with Gasteiger partial charge in [-0.3, -0.25) is 9.78 Å². The minimum Gasteiger partial charge on any atom is -0.489 e. The molecule has 3 rings (SSSR count). The fourth-order valence-electron chi connectivity index (χ4n) is 2.39. The van der Waals surface area contributed by atoms with Crippen molar-refractivity contribution in [2.24, 2.45) is 0 Å². The Morgan fingerprint density at radius 3 is 2.70 bits per heavy atom. The summed E-state index contributed by atoms with van der Waals surface area (Å²) in [5, 5.41) is 3.91. The second-order valence-corrected chi connectivity index (χ2v) is 5.19. The second-order valence-electron chi connectivity index (χ2n) is 5.19. The Hall–Kier alpha value is -2.88. The van der Waals surface area contributed by atoms with Crippen molar-refractivity contribution in [1.82, 2.24) is 10.3 Å². The molecule has 0 bridgehead atoms. The number of nitrogens with one attached hydrogen (secondary N) is 1. The molecule has 4 nitrogen and oxygen atoms in total. The van der Waals surface area contributed by atoms with E-state index in [-0.39, 0.29) is 5.91 Å². The average Bonchev–Trinajstić information content (AvgIpc) is 2.60. The predicted octanol–water partition coefficient (Wildman–Crippen LogP) is 2.97. The molecule has 0 aliphatic heterocycles. The monoisotopic (exact) mass is 306 g/mol. The zero-order chi connectivity index (χ0) is 15.9. The van der Waals surface area contributed by atoms with Crippen LogP contribution in [0.1, 0.15) is 5.56 Å². The van der Waals surface area contributed by atoms with Gasteiger partial charge in [-0.05, 0) is 17.7 Å². The van der Waals surface area contributed by atoms with E-state index in [1.165, 1.54) is 0 Å². The summed E-state index contributed by atoms with van der Waals surface area (Å²) in [4.78, 5) is 16.2. The van der Waals surface area contributed by atoms with Crippen LogP contribution in [0.15, 0.2) is 66.9 Å². The van der Waals surface area contributed by atoms with Gasteiger partial charge in [0.05, 0.1) is 13.0 Å². The van der Waals surface area contributed by atoms with E-state index in [4.69, 9.17) is 4.74 Å². The number of carbonyl (C=O) groups is 1. The SMILES string of the molecule is O=C(Cc1ccccc1)NCCOc1cccc2cccnc12. The summed E-state index contributed by atoms with van der Waals surface area (Å²) in [5.74, 6) is 0.733. The molecule has 0 unspecified atom stereocenters. The van der Waals surface area contributed by atoms with Gasteiger partial charge in [-0.2, -0.15) is 0 Å². The number of hydrogen-bond donors (Lipinski definition) is 1. The van der Waals surface area contributed by atoms with Crippen LogP contribution >= 0.6 is 0 Å². The number of nitrogens with zero attached hydrogens (tertiary/aromatic N) is 1. The van der Waals surface area contributed by atoms with Gasteiger partial charge in [-0.1, -0.05) is 48.5 Å². The molecular formula is C19H18N2O2. The second kappa shape index (κ2) is 7.40. The molecule has 0 fully saturated rings. The van der Waals surface area contributed by atoms with E-state index in [1.54, 1.807) is 6.20 Å². The molecule has 1 heterocycles. The number of ether oxygens (including phenoxy) is 1. The van der Waals surface area contributed by atoms with E-state index >= 15 is 0 Å². The Morgan fingerprint density at radius 1 is 1.00 bits per heavy atom. The normalized spacial score (nSPS) is 10.4. The van der Waals surface area contributed by atoms with Crippen molar-refractivity contribution in [3.63, 3.8) is 0 Å². The molecule has 1 N–H and O–H groups in total. The summed E-state index contributed by atoms with van der Waals surface area (Å²) in [5.41, 5.74) is 1.84. The molecule has 0 saturated heterocycles. The first-order valence-corrected chi connectivity index (χ1v) is 7.60. The van der Waals surface area contributed by atoms with Crippen LogP contribution in [0, 0.1) is 0 Å². The van der Waals surface area contributed by atoms with Crippen LogP contribution in [-0.2, 0) is 11.2 Å². The Balaban J connectivity index is 1.49. The summed E-state index contributed by atoms with van der Waals surface area (Å²) in [6, 6.07) is 19.4. The van der Waals surface area contributed by atoms with Crippen LogP contribution in [0.2, 0.25) is 0 Å². The third-order valence-corrected chi connectivity index (χ3v) is 3.48. The molecule has 23 heavy (non-hydrogen) atoms. The van der Waals surface area contributed by atoms with E-state index in [9.17, 15) is 4.79 Å². The predicted molar refractivity (Wildman–Crippen MR) is 90.4 cm³/mol. The fourth-order valence-corrected chi connectivity index (χ4v) is 2.39. The minimum absolute atomic E-state index is 0.00385. The van der Waals surface area contributed by atoms with Crippen LogP contribution in [0.5, 0.6) is 5.75 Å². The van der Waals surface area contributed by atoms with Gasteiger partial charge in [-0.15, -0.1) is 0 Å². The van der Waals surface area contributed by atoms with E-state index in [0.29, 0.717) is 19.6 Å². The van der Waals surface area contributed by atoms with Gasteiger partial charge in [0.2, 0.25) is 5.91 Å². The van der Waals surface area contributed by atoms with Gasteiger partial charge >= 0.3 is 0 Å². The first kappa shape index (κ1) is 15.0. The van der Waals surface area contributed by atoms with Gasteiger partial charge in [0, 0.05) is 11.6 Å². The number of benzene rings is 2. The molecule has 0 aliphatic carbocycles. The maximum Gasteiger partial charge on any atom is 0.224 e. The van der Waals surface area contributed by atoms with Crippen LogP contribution in [0.25, 0.3) is 10.9 Å². The van der Waals surface area contributed by atoms with Crippen molar-refractivity contribution >= 4 is 16.8 Å². The Kier molecular flexibility index (Phi) is 4.84. The van der Waals surface area contributed by atoms with E-state index in [2.05, 4.69) is 10.3 Å². The Labute approximate surface area is 135 Å². The van der Waals surface area contributed by atoms with E-state index in [1.807, 2.05) is 60.7 Å². The summed E-state index contributed by atoms with van der Waals surface area (Å²) >= 11 is 0. The smallest absolute Gasteiger partial charge is 0.224 e. The number of carbonyl (C=O) groups excluding carboxylic acids is 1. The van der Waals surface area contributed by atoms with Crippen molar-refractivity contribution in [1.29, 1.82) is 0 Å². The number of rotatable bonds is 6. The highest BCUT2D eigenvalue weighted by atomic mass is 16.5. The molecule has 1 aromatic heterocycles. The molecule has 116 valence electrons. The van der Waals surface area contributed by atoms with Crippen LogP contribution < -0.4 is 10.1 Å². The van der Waals surface area contributed by atoms with Gasteiger partial charge < -0.3 is 10.1 Å². The number of aromatic nitrogens is 1. The molecule has 1 amide bonds. The average molecular weight is 306 g/mol. The van der Waals surface area contributed by atoms with Crippen molar-refractivity contribution < 1.29 is 9.53 Å². The maximum atomic E-state index is 11.9. The molecule has 0 atom stereocenters. The van der Waals surface area contributed by atoms with Gasteiger partial charge in [-0.25, -0.2) is 0 Å². The van der Waals surface area contributed by atoms with Gasteiger partial charge in [0.25, 0.3) is 0 Å². The molecule has 2 aromatic carbocycles. The summed E-state index contributed by atoms with van der Waals surface area (Å²) < 4.78 is 5.74. The lowest BCUT2D eigenvalue weighted by Gasteiger charge is -2.09. The van der Waals surface area contributed by atoms with E-state index < -0.39 is 0 Å². The highest BCUT2D eigenvalue weighted by Gasteiger charge is 2.04. The van der Waals surface area contributed by atoms with Crippen LogP contribution in [0.4, 0.5) is 0 Å².